The molecular formula is C36H41N5O6S2. The van der Waals surface area contributed by atoms with Crippen LogP contribution in [0.15, 0.2) is 56.8 Å². The zero-order valence-corrected chi connectivity index (χ0v) is 28.9. The highest BCUT2D eigenvalue weighted by Gasteiger charge is 2.56. The molecule has 3 aromatic rings. The molecule has 5 atom stereocenters. The van der Waals surface area contributed by atoms with Crippen molar-refractivity contribution in [2.45, 2.75) is 100 Å². The van der Waals surface area contributed by atoms with E-state index < -0.39 is 41.6 Å². The van der Waals surface area contributed by atoms with Crippen LogP contribution in [0.25, 0.3) is 22.3 Å². The molecule has 13 heteroatoms. The number of thiophene rings is 2. The topological polar surface area (TPSA) is 140 Å². The molecule has 7 rings (SSSR count). The maximum Gasteiger partial charge on any atom is 0.408 e. The predicted molar refractivity (Wildman–Crippen MR) is 187 cm³/mol. The monoisotopic (exact) mass is 703 g/mol. The van der Waals surface area contributed by atoms with Crippen LogP contribution in [0.4, 0.5) is 4.79 Å². The van der Waals surface area contributed by atoms with Gasteiger partial charge in [0.1, 0.15) is 30.0 Å². The Hall–Kier alpha value is -4.10. The number of hydrogen-bond acceptors (Lipinski definition) is 9. The molecule has 0 aromatic carbocycles. The molecule has 49 heavy (non-hydrogen) atoms. The van der Waals surface area contributed by atoms with Crippen LogP contribution >= 0.6 is 22.7 Å². The summed E-state index contributed by atoms with van der Waals surface area (Å²) in [7, 11) is 0. The second-order valence-electron chi connectivity index (χ2n) is 13.6. The lowest BCUT2D eigenvalue weighted by atomic mass is 10.0. The van der Waals surface area contributed by atoms with Crippen LogP contribution in [-0.2, 0) is 19.1 Å². The number of fused-ring (bicyclic) bond motifs is 2. The van der Waals surface area contributed by atoms with Crippen molar-refractivity contribution in [2.24, 2.45) is 5.92 Å². The quantitative estimate of drug-likeness (QED) is 0.256. The lowest BCUT2D eigenvalue weighted by molar-refractivity contribution is -0.140. The van der Waals surface area contributed by atoms with Crippen LogP contribution in [0.2, 0.25) is 0 Å². The van der Waals surface area contributed by atoms with Crippen molar-refractivity contribution in [2.75, 3.05) is 6.54 Å². The maximum absolute atomic E-state index is 14.4. The molecule has 4 aliphatic rings. The Labute approximate surface area is 292 Å². The molecule has 2 aliphatic heterocycles. The fourth-order valence-electron chi connectivity index (χ4n) is 7.54. The van der Waals surface area contributed by atoms with E-state index in [1.807, 2.05) is 39.7 Å². The molecule has 5 heterocycles. The molecule has 3 fully saturated rings. The molecule has 0 radical (unpaired) electrons. The third kappa shape index (κ3) is 7.00. The van der Waals surface area contributed by atoms with Crippen molar-refractivity contribution in [3.05, 3.63) is 62.4 Å². The number of rotatable bonds is 6. The predicted octanol–water partition coefficient (Wildman–Crippen LogP) is 5.47. The smallest absolute Gasteiger partial charge is 0.408 e. The normalized spacial score (nSPS) is 28.4. The Morgan fingerprint density at radius 3 is 2.51 bits per heavy atom. The van der Waals surface area contributed by atoms with Gasteiger partial charge in [0.05, 0.1) is 17.8 Å². The van der Waals surface area contributed by atoms with Crippen molar-refractivity contribution >= 4 is 46.9 Å². The van der Waals surface area contributed by atoms with Gasteiger partial charge in [0.25, 0.3) is 5.56 Å². The lowest BCUT2D eigenvalue weighted by Crippen LogP contribution is -2.55. The summed E-state index contributed by atoms with van der Waals surface area (Å²) in [5.74, 6) is -0.975. The second-order valence-corrected chi connectivity index (χ2v) is 15.2. The van der Waals surface area contributed by atoms with Gasteiger partial charge in [-0.25, -0.2) is 9.48 Å². The highest BCUT2D eigenvalue weighted by molar-refractivity contribution is 7.08. The van der Waals surface area contributed by atoms with Gasteiger partial charge in [-0.05, 0) is 96.1 Å². The minimum absolute atomic E-state index is 0.0397. The minimum Gasteiger partial charge on any atom is -0.446 e. The molecule has 2 N–H and O–H groups in total. The first kappa shape index (κ1) is 33.4. The van der Waals surface area contributed by atoms with Crippen molar-refractivity contribution in [3.8, 4) is 22.3 Å². The second kappa shape index (κ2) is 14.4. The molecular weight excluding hydrogens is 663 g/mol. The van der Waals surface area contributed by atoms with Crippen molar-refractivity contribution in [3.63, 3.8) is 0 Å². The van der Waals surface area contributed by atoms with Gasteiger partial charge in [-0.3, -0.25) is 14.4 Å². The molecule has 0 unspecified atom stereocenters. The molecule has 2 aliphatic carbocycles. The average Bonchev–Trinajstić information content (AvgIpc) is 3.79. The number of aromatic nitrogens is 2. The minimum atomic E-state index is -1.02. The third-order valence-electron chi connectivity index (χ3n) is 10.4. The number of nitrogens with one attached hydrogen (secondary N) is 2. The van der Waals surface area contributed by atoms with E-state index in [1.165, 1.54) is 32.3 Å². The van der Waals surface area contributed by atoms with E-state index in [4.69, 9.17) is 4.74 Å². The van der Waals surface area contributed by atoms with Gasteiger partial charge < -0.3 is 25.1 Å². The van der Waals surface area contributed by atoms with Crippen molar-refractivity contribution < 1.29 is 23.9 Å². The van der Waals surface area contributed by atoms with Gasteiger partial charge in [-0.2, -0.15) is 27.8 Å². The molecule has 2 saturated carbocycles. The van der Waals surface area contributed by atoms with Crippen LogP contribution in [0.3, 0.4) is 0 Å². The van der Waals surface area contributed by atoms with E-state index in [0.717, 1.165) is 62.4 Å². The third-order valence-corrected chi connectivity index (χ3v) is 11.7. The number of hydrogen-bond donors (Lipinski definition) is 2. The highest BCUT2D eigenvalue weighted by atomic mass is 32.1. The SMILES string of the molecule is O=C[C@@]12C[C@@H]1/C=C\CCCCC[C@H](NC(=O)OC1CCCC1)C(=O)N1C[C@H](n3ncc(-c4ccsc4)c(-c4ccsc4)c3=O)C[C@H]1C(=O)N2. The van der Waals surface area contributed by atoms with Crippen LogP contribution in [0.5, 0.6) is 0 Å². The summed E-state index contributed by atoms with van der Waals surface area (Å²) in [6.45, 7) is 0.0397. The number of nitrogens with zero attached hydrogens (tertiary/aromatic N) is 3. The number of alkyl carbamates (subject to hydrolysis) is 1. The van der Waals surface area contributed by atoms with Crippen molar-refractivity contribution in [1.82, 2.24) is 25.3 Å². The summed E-state index contributed by atoms with van der Waals surface area (Å²) in [5.41, 5.74) is 1.56. The Morgan fingerprint density at radius 2 is 1.78 bits per heavy atom. The Balaban J connectivity index is 1.22. The highest BCUT2D eigenvalue weighted by Crippen LogP contribution is 2.44. The molecule has 258 valence electrons. The zero-order chi connectivity index (χ0) is 34.0. The maximum atomic E-state index is 14.4. The van der Waals surface area contributed by atoms with Crippen LogP contribution in [0.1, 0.15) is 76.7 Å². The molecule has 3 amide bonds. The van der Waals surface area contributed by atoms with Crippen LogP contribution in [0, 0.1) is 5.92 Å². The van der Waals surface area contributed by atoms with Gasteiger partial charge in [-0.1, -0.05) is 25.0 Å². The first-order valence-corrected chi connectivity index (χ1v) is 19.1. The molecule has 0 bridgehead atoms. The van der Waals surface area contributed by atoms with Gasteiger partial charge in [0.15, 0.2) is 0 Å². The lowest BCUT2D eigenvalue weighted by Gasteiger charge is -2.29. The van der Waals surface area contributed by atoms with Gasteiger partial charge in [-0.15, -0.1) is 0 Å². The van der Waals surface area contributed by atoms with E-state index in [-0.39, 0.29) is 30.5 Å². The molecule has 0 spiro atoms. The van der Waals surface area contributed by atoms with Gasteiger partial charge >= 0.3 is 6.09 Å². The van der Waals surface area contributed by atoms with E-state index in [9.17, 15) is 24.0 Å². The summed E-state index contributed by atoms with van der Waals surface area (Å²) in [6.07, 6.45) is 13.6. The first-order valence-electron chi connectivity index (χ1n) is 17.3. The summed E-state index contributed by atoms with van der Waals surface area (Å²) < 4.78 is 7.06. The Kier molecular flexibility index (Phi) is 9.82. The van der Waals surface area contributed by atoms with Gasteiger partial charge in [0, 0.05) is 24.4 Å². The number of aldehydes is 1. The van der Waals surface area contributed by atoms with E-state index >= 15 is 0 Å². The average molecular weight is 704 g/mol. The number of allylic oxidation sites excluding steroid dienone is 1. The Morgan fingerprint density at radius 1 is 1.02 bits per heavy atom. The number of carbonyl (C=O) groups is 4. The number of amides is 3. The standard InChI is InChI=1S/C36H41N5O6S2/c42-22-36-17-25(36)8-4-2-1-3-5-11-29(38-35(46)47-27-9-6-7-10-27)33(44)40-19-26(16-30(40)32(43)39-36)41-34(45)31(24-13-15-49-21-24)28(18-37-41)23-12-14-48-20-23/h4,8,12-15,18,20-22,25-27,29-30H,1-3,5-7,9-11,16-17,19H2,(H,38,46)(H,39,43)/b8-4-/t25-,26+,29-,30-,36-/m0/s1. The molecule has 3 aromatic heterocycles. The zero-order valence-electron chi connectivity index (χ0n) is 27.3. The van der Waals surface area contributed by atoms with Crippen molar-refractivity contribution in [1.29, 1.82) is 0 Å². The fraction of sp³-hybridized carbons (Fsp3) is 0.500. The summed E-state index contributed by atoms with van der Waals surface area (Å²) in [4.78, 5) is 69.6. The van der Waals surface area contributed by atoms with Crippen LogP contribution < -0.4 is 16.2 Å². The van der Waals surface area contributed by atoms with E-state index in [0.29, 0.717) is 30.4 Å². The number of ether oxygens (including phenoxy) is 1. The van der Waals surface area contributed by atoms with E-state index in [2.05, 4.69) is 21.8 Å². The fourth-order valence-corrected chi connectivity index (χ4v) is 8.84. The van der Waals surface area contributed by atoms with E-state index in [1.54, 1.807) is 6.20 Å². The van der Waals surface area contributed by atoms with Gasteiger partial charge in [0.2, 0.25) is 11.8 Å². The number of carbonyl (C=O) groups excluding carboxylic acids is 4. The molecule has 11 nitrogen and oxygen atoms in total. The summed E-state index contributed by atoms with van der Waals surface area (Å²) >= 11 is 3.02. The Bertz CT molecular complexity index is 1770. The summed E-state index contributed by atoms with van der Waals surface area (Å²) in [6, 6.07) is 1.34. The molecule has 1 saturated heterocycles. The largest absolute Gasteiger partial charge is 0.446 e. The van der Waals surface area contributed by atoms with Crippen LogP contribution in [-0.4, -0.2) is 69.1 Å². The summed E-state index contributed by atoms with van der Waals surface area (Å²) in [5, 5.41) is 18.2. The first-order chi connectivity index (χ1) is 23.9.